The Hall–Kier alpha value is -1.07. The second-order valence-electron chi connectivity index (χ2n) is 3.40. The molecule has 0 aliphatic rings. The highest BCUT2D eigenvalue weighted by atomic mass is 32.2. The van der Waals surface area contributed by atoms with Crippen LogP contribution < -0.4 is 5.73 Å². The molecule has 1 aromatic rings. The van der Waals surface area contributed by atoms with Crippen LogP contribution in [0, 0.1) is 0 Å². The average Bonchev–Trinajstić information content (AvgIpc) is 2.18. The lowest BCUT2D eigenvalue weighted by molar-refractivity contribution is 0.468. The van der Waals surface area contributed by atoms with E-state index in [0.717, 1.165) is 6.42 Å². The van der Waals surface area contributed by atoms with E-state index in [0.29, 0.717) is 12.2 Å². The molecule has 0 radical (unpaired) electrons. The van der Waals surface area contributed by atoms with Crippen LogP contribution in [-0.2, 0) is 10.0 Å². The first-order valence-corrected chi connectivity index (χ1v) is 6.24. The highest BCUT2D eigenvalue weighted by Gasteiger charge is 2.19. The third-order valence-electron chi connectivity index (χ3n) is 2.13. The summed E-state index contributed by atoms with van der Waals surface area (Å²) in [4.78, 5) is 0.285. The van der Waals surface area contributed by atoms with E-state index in [4.69, 9.17) is 5.73 Å². The smallest absolute Gasteiger partial charge is 0.242 e. The van der Waals surface area contributed by atoms with Crippen LogP contribution in [0.2, 0.25) is 0 Å². The van der Waals surface area contributed by atoms with Gasteiger partial charge in [-0.3, -0.25) is 0 Å². The van der Waals surface area contributed by atoms with Crippen LogP contribution in [0.5, 0.6) is 0 Å². The monoisotopic (exact) mass is 228 g/mol. The van der Waals surface area contributed by atoms with Crippen molar-refractivity contribution in [1.29, 1.82) is 0 Å². The maximum atomic E-state index is 11.9. The molecule has 0 saturated carbocycles. The molecule has 0 atom stereocenters. The van der Waals surface area contributed by atoms with Gasteiger partial charge in [-0.05, 0) is 30.7 Å². The van der Waals surface area contributed by atoms with Gasteiger partial charge < -0.3 is 5.73 Å². The Bertz CT molecular complexity index is 412. The van der Waals surface area contributed by atoms with E-state index in [1.54, 1.807) is 19.2 Å². The van der Waals surface area contributed by atoms with Gasteiger partial charge in [-0.2, -0.15) is 0 Å². The topological polar surface area (TPSA) is 63.4 Å². The summed E-state index contributed by atoms with van der Waals surface area (Å²) >= 11 is 0. The van der Waals surface area contributed by atoms with E-state index in [2.05, 4.69) is 0 Å². The average molecular weight is 228 g/mol. The van der Waals surface area contributed by atoms with Crippen molar-refractivity contribution in [3.05, 3.63) is 24.3 Å². The van der Waals surface area contributed by atoms with Crippen molar-refractivity contribution in [2.75, 3.05) is 19.3 Å². The molecule has 0 aromatic heterocycles. The maximum absolute atomic E-state index is 11.9. The van der Waals surface area contributed by atoms with Gasteiger partial charge >= 0.3 is 0 Å². The third kappa shape index (κ3) is 2.70. The van der Waals surface area contributed by atoms with Crippen molar-refractivity contribution in [3.63, 3.8) is 0 Å². The fourth-order valence-electron chi connectivity index (χ4n) is 1.25. The predicted octanol–water partition coefficient (Wildman–Crippen LogP) is 1.30. The Kier molecular flexibility index (Phi) is 3.71. The molecule has 0 aliphatic heterocycles. The van der Waals surface area contributed by atoms with Crippen molar-refractivity contribution in [1.82, 2.24) is 4.31 Å². The Balaban J connectivity index is 3.01. The first kappa shape index (κ1) is 12.0. The quantitative estimate of drug-likeness (QED) is 0.790. The fourth-order valence-corrected chi connectivity index (χ4v) is 2.52. The number of nitrogens with two attached hydrogens (primary N) is 1. The Morgan fingerprint density at radius 2 is 1.80 bits per heavy atom. The van der Waals surface area contributed by atoms with Gasteiger partial charge in [-0.15, -0.1) is 0 Å². The van der Waals surface area contributed by atoms with Crippen molar-refractivity contribution in [2.45, 2.75) is 18.2 Å². The van der Waals surface area contributed by atoms with Crippen molar-refractivity contribution in [3.8, 4) is 0 Å². The van der Waals surface area contributed by atoms with Gasteiger partial charge in [0.05, 0.1) is 4.90 Å². The van der Waals surface area contributed by atoms with E-state index in [-0.39, 0.29) is 4.90 Å². The number of sulfonamides is 1. The van der Waals surface area contributed by atoms with Crippen LogP contribution in [0.1, 0.15) is 13.3 Å². The molecule has 0 fully saturated rings. The van der Waals surface area contributed by atoms with E-state index in [1.807, 2.05) is 6.92 Å². The van der Waals surface area contributed by atoms with Crippen molar-refractivity contribution < 1.29 is 8.42 Å². The summed E-state index contributed by atoms with van der Waals surface area (Å²) in [5, 5.41) is 0. The summed E-state index contributed by atoms with van der Waals surface area (Å²) in [5.41, 5.74) is 6.06. The molecule has 0 heterocycles. The summed E-state index contributed by atoms with van der Waals surface area (Å²) in [5.74, 6) is 0. The van der Waals surface area contributed by atoms with Gasteiger partial charge in [0, 0.05) is 19.3 Å². The lowest BCUT2D eigenvalue weighted by atomic mass is 10.3. The molecule has 0 saturated heterocycles. The molecule has 1 rings (SSSR count). The minimum Gasteiger partial charge on any atom is -0.399 e. The second-order valence-corrected chi connectivity index (χ2v) is 5.44. The minimum atomic E-state index is -3.34. The number of rotatable bonds is 4. The zero-order valence-electron chi connectivity index (χ0n) is 8.97. The summed E-state index contributed by atoms with van der Waals surface area (Å²) in [7, 11) is -1.76. The normalized spacial score (nSPS) is 11.9. The van der Waals surface area contributed by atoms with Crippen LogP contribution >= 0.6 is 0 Å². The Labute approximate surface area is 90.8 Å². The molecule has 2 N–H and O–H groups in total. The van der Waals surface area contributed by atoms with E-state index >= 15 is 0 Å². The van der Waals surface area contributed by atoms with Crippen LogP contribution in [0.3, 0.4) is 0 Å². The van der Waals surface area contributed by atoms with E-state index in [9.17, 15) is 8.42 Å². The van der Waals surface area contributed by atoms with Gasteiger partial charge in [0.15, 0.2) is 0 Å². The lowest BCUT2D eigenvalue weighted by Crippen LogP contribution is -2.27. The van der Waals surface area contributed by atoms with Crippen molar-refractivity contribution >= 4 is 15.7 Å². The second kappa shape index (κ2) is 4.63. The van der Waals surface area contributed by atoms with Gasteiger partial charge in [-0.1, -0.05) is 6.92 Å². The van der Waals surface area contributed by atoms with Gasteiger partial charge in [0.25, 0.3) is 0 Å². The number of nitrogens with zero attached hydrogens (tertiary/aromatic N) is 1. The zero-order valence-corrected chi connectivity index (χ0v) is 9.79. The molecule has 0 unspecified atom stereocenters. The largest absolute Gasteiger partial charge is 0.399 e. The molecule has 84 valence electrons. The number of hydrogen-bond acceptors (Lipinski definition) is 3. The molecule has 1 aromatic carbocycles. The number of anilines is 1. The third-order valence-corrected chi connectivity index (χ3v) is 4.00. The molecule has 0 amide bonds. The molecule has 15 heavy (non-hydrogen) atoms. The zero-order chi connectivity index (χ0) is 11.5. The standard InChI is InChI=1S/C10H16N2O2S/c1-3-8-12(2)15(13,14)10-6-4-9(11)5-7-10/h4-7H,3,8,11H2,1-2H3. The Morgan fingerprint density at radius 3 is 2.27 bits per heavy atom. The molecule has 5 heteroatoms. The van der Waals surface area contributed by atoms with Crippen LogP contribution in [0.25, 0.3) is 0 Å². The van der Waals surface area contributed by atoms with Crippen LogP contribution in [0.15, 0.2) is 29.2 Å². The van der Waals surface area contributed by atoms with Gasteiger partial charge in [0.2, 0.25) is 10.0 Å². The summed E-state index contributed by atoms with van der Waals surface area (Å²) in [6.45, 7) is 2.46. The number of hydrogen-bond donors (Lipinski definition) is 1. The van der Waals surface area contributed by atoms with Gasteiger partial charge in [0.1, 0.15) is 0 Å². The molecule has 0 bridgehead atoms. The predicted molar refractivity (Wildman–Crippen MR) is 61.0 cm³/mol. The number of benzene rings is 1. The first-order chi connectivity index (χ1) is 6.98. The maximum Gasteiger partial charge on any atom is 0.242 e. The minimum absolute atomic E-state index is 0.285. The van der Waals surface area contributed by atoms with E-state index < -0.39 is 10.0 Å². The lowest BCUT2D eigenvalue weighted by Gasteiger charge is -2.16. The Morgan fingerprint density at radius 1 is 1.27 bits per heavy atom. The molecular weight excluding hydrogens is 212 g/mol. The molecule has 0 spiro atoms. The van der Waals surface area contributed by atoms with Gasteiger partial charge in [-0.25, -0.2) is 12.7 Å². The highest BCUT2D eigenvalue weighted by Crippen LogP contribution is 2.15. The fraction of sp³-hybridized carbons (Fsp3) is 0.400. The molecular formula is C10H16N2O2S. The van der Waals surface area contributed by atoms with Crippen LogP contribution in [-0.4, -0.2) is 26.3 Å². The van der Waals surface area contributed by atoms with E-state index in [1.165, 1.54) is 16.4 Å². The highest BCUT2D eigenvalue weighted by molar-refractivity contribution is 7.89. The molecule has 4 nitrogen and oxygen atoms in total. The van der Waals surface area contributed by atoms with Crippen molar-refractivity contribution in [2.24, 2.45) is 0 Å². The summed E-state index contributed by atoms with van der Waals surface area (Å²) in [6.07, 6.45) is 0.796. The van der Waals surface area contributed by atoms with Crippen LogP contribution in [0.4, 0.5) is 5.69 Å². The first-order valence-electron chi connectivity index (χ1n) is 4.80. The number of nitrogen functional groups attached to an aromatic ring is 1. The summed E-state index contributed by atoms with van der Waals surface area (Å²) < 4.78 is 25.2. The summed E-state index contributed by atoms with van der Waals surface area (Å²) in [6, 6.07) is 6.23. The molecule has 0 aliphatic carbocycles. The SMILES string of the molecule is CCCN(C)S(=O)(=O)c1ccc(N)cc1.